The Balaban J connectivity index is 0.000000186. The van der Waals surface area contributed by atoms with E-state index in [1.807, 2.05) is 60.7 Å². The summed E-state index contributed by atoms with van der Waals surface area (Å²) in [5.74, 6) is -1.72. The van der Waals surface area contributed by atoms with Crippen LogP contribution in [-0.2, 0) is 29.5 Å². The lowest BCUT2D eigenvalue weighted by Gasteiger charge is -2.36. The third-order valence-corrected chi connectivity index (χ3v) is 10.0. The first-order chi connectivity index (χ1) is 22.4. The summed E-state index contributed by atoms with van der Waals surface area (Å²) in [7, 11) is -0.332. The molecule has 4 saturated heterocycles. The minimum Gasteiger partial charge on any atom is -0.462 e. The third kappa shape index (κ3) is 10.5. The fourth-order valence-electron chi connectivity index (χ4n) is 7.41. The van der Waals surface area contributed by atoms with Crippen molar-refractivity contribution < 1.29 is 46.8 Å². The molecular weight excluding hydrogens is 632 g/mol. The molecule has 12 nitrogen and oxygen atoms in total. The minimum atomic E-state index is -4.67. The summed E-state index contributed by atoms with van der Waals surface area (Å²) < 4.78 is 43.0. The Morgan fingerprint density at radius 2 is 0.936 bits per heavy atom. The lowest BCUT2D eigenvalue weighted by atomic mass is 9.99. The van der Waals surface area contributed by atoms with Crippen LogP contribution in [0.5, 0.6) is 0 Å². The fourth-order valence-corrected chi connectivity index (χ4v) is 7.41. The first-order valence-electron chi connectivity index (χ1n) is 16.2. The quantitative estimate of drug-likeness (QED) is 0.237. The SMILES string of the molecule is O=S(=O)(O)O.[14CH3]N1[C@@H]2CC[C@H]1CC(OC(=O)C(CO)c1ccccc1)C2.[14CH3]N1[C@@H]2CC[C@H]1CC(OC(=O)C(CO)c1ccccc1)C2. The number of aliphatic hydroxyl groups excluding tert-OH is 2. The van der Waals surface area contributed by atoms with Crippen LogP contribution in [0.15, 0.2) is 60.7 Å². The van der Waals surface area contributed by atoms with Crippen molar-refractivity contribution in [3.8, 4) is 0 Å². The Morgan fingerprint density at radius 3 is 1.19 bits per heavy atom. The number of piperidine rings is 2. The van der Waals surface area contributed by atoms with Crippen LogP contribution in [-0.4, -0.2) is 113 Å². The molecule has 2 aromatic carbocycles. The number of esters is 2. The number of benzene rings is 2. The van der Waals surface area contributed by atoms with Crippen molar-refractivity contribution >= 4 is 22.3 Å². The normalized spacial score (nSPS) is 28.1. The van der Waals surface area contributed by atoms with Crippen molar-refractivity contribution in [1.29, 1.82) is 0 Å². The van der Waals surface area contributed by atoms with Gasteiger partial charge in [-0.2, -0.15) is 8.42 Å². The summed E-state index contributed by atoms with van der Waals surface area (Å²) in [5.41, 5.74) is 1.64. The number of hydrogen-bond acceptors (Lipinski definition) is 10. The molecule has 4 aliphatic rings. The van der Waals surface area contributed by atoms with Crippen molar-refractivity contribution in [1.82, 2.24) is 9.80 Å². The molecule has 4 bridgehead atoms. The number of hydrogen-bond donors (Lipinski definition) is 4. The number of nitrogens with zero attached hydrogens (tertiary/aromatic N) is 2. The lowest BCUT2D eigenvalue weighted by molar-refractivity contribution is -0.156. The highest BCUT2D eigenvalue weighted by molar-refractivity contribution is 7.79. The summed E-state index contributed by atoms with van der Waals surface area (Å²) in [6.07, 6.45) is 8.52. The van der Waals surface area contributed by atoms with Crippen LogP contribution < -0.4 is 0 Å². The molecule has 0 amide bonds. The number of carbonyl (C=O) groups excluding carboxylic acids is 2. The molecule has 4 heterocycles. The molecule has 0 radical (unpaired) electrons. The molecule has 4 unspecified atom stereocenters. The van der Waals surface area contributed by atoms with Crippen LogP contribution >= 0.6 is 0 Å². The van der Waals surface area contributed by atoms with Gasteiger partial charge in [0.05, 0.1) is 13.2 Å². The van der Waals surface area contributed by atoms with E-state index in [4.69, 9.17) is 27.0 Å². The summed E-state index contributed by atoms with van der Waals surface area (Å²) in [5, 5.41) is 19.1. The zero-order valence-electron chi connectivity index (χ0n) is 27.0. The van der Waals surface area contributed by atoms with Gasteiger partial charge in [0.25, 0.3) is 0 Å². The second-order valence-corrected chi connectivity index (χ2v) is 13.8. The van der Waals surface area contributed by atoms with Crippen molar-refractivity contribution in [3.63, 3.8) is 0 Å². The number of carbonyl (C=O) groups is 2. The van der Waals surface area contributed by atoms with Crippen LogP contribution in [0.4, 0.5) is 0 Å². The number of fused-ring (bicyclic) bond motifs is 4. The van der Waals surface area contributed by atoms with Gasteiger partial charge in [-0.3, -0.25) is 18.7 Å². The Kier molecular flexibility index (Phi) is 13.3. The summed E-state index contributed by atoms with van der Waals surface area (Å²) in [6, 6.07) is 20.9. The van der Waals surface area contributed by atoms with E-state index in [9.17, 15) is 19.8 Å². The van der Waals surface area contributed by atoms with Crippen LogP contribution in [0.2, 0.25) is 0 Å². The van der Waals surface area contributed by atoms with Gasteiger partial charge < -0.3 is 29.5 Å². The Morgan fingerprint density at radius 1 is 0.660 bits per heavy atom. The van der Waals surface area contributed by atoms with Crippen LogP contribution in [0.25, 0.3) is 0 Å². The van der Waals surface area contributed by atoms with Gasteiger partial charge in [-0.1, -0.05) is 60.7 Å². The number of ether oxygens (including phenoxy) is 2. The first kappa shape index (κ1) is 36.9. The maximum absolute atomic E-state index is 12.4. The fraction of sp³-hybridized carbons (Fsp3) is 0.588. The second kappa shape index (κ2) is 17.0. The average molecular weight is 681 g/mol. The number of rotatable bonds is 8. The van der Waals surface area contributed by atoms with E-state index < -0.39 is 22.2 Å². The summed E-state index contributed by atoms with van der Waals surface area (Å²) in [6.45, 7) is -0.412. The first-order valence-corrected chi connectivity index (χ1v) is 17.6. The highest BCUT2D eigenvalue weighted by Crippen LogP contribution is 2.37. The van der Waals surface area contributed by atoms with E-state index in [1.54, 1.807) is 0 Å². The zero-order valence-corrected chi connectivity index (χ0v) is 27.8. The van der Waals surface area contributed by atoms with Crippen LogP contribution in [0.1, 0.15) is 74.3 Å². The van der Waals surface area contributed by atoms with Gasteiger partial charge in [0.15, 0.2) is 0 Å². The Hall–Kier alpha value is -2.91. The summed E-state index contributed by atoms with van der Waals surface area (Å²) >= 11 is 0. The molecule has 0 saturated carbocycles. The van der Waals surface area contributed by atoms with Crippen molar-refractivity contribution in [2.45, 2.75) is 99.6 Å². The van der Waals surface area contributed by atoms with Gasteiger partial charge in [0.2, 0.25) is 0 Å². The summed E-state index contributed by atoms with van der Waals surface area (Å²) in [4.78, 5) is 29.6. The van der Waals surface area contributed by atoms with E-state index >= 15 is 0 Å². The standard InChI is InChI=1S/2C17H23NO3.H2O4S/c2*1-18-13-7-8-14(18)10-15(9-13)21-17(20)16(11-19)12-5-3-2-4-6-12;1-5(2,3)4/h2*2-6,13-16,19H,7-11H2,1H3;(H2,1,2,3,4)/t2*13-,14+,15?,16?;/i2*1+2;. The maximum Gasteiger partial charge on any atom is 0.394 e. The van der Waals surface area contributed by atoms with E-state index in [1.165, 1.54) is 25.7 Å². The van der Waals surface area contributed by atoms with E-state index in [0.29, 0.717) is 24.2 Å². The molecule has 47 heavy (non-hydrogen) atoms. The molecule has 4 N–H and O–H groups in total. The van der Waals surface area contributed by atoms with Crippen LogP contribution in [0, 0.1) is 0 Å². The highest BCUT2D eigenvalue weighted by Gasteiger charge is 2.41. The van der Waals surface area contributed by atoms with Gasteiger partial charge in [0.1, 0.15) is 24.0 Å². The van der Waals surface area contributed by atoms with Crippen molar-refractivity contribution in [2.75, 3.05) is 27.3 Å². The molecule has 0 spiro atoms. The molecule has 260 valence electrons. The predicted octanol–water partition coefficient (Wildman–Crippen LogP) is 3.21. The molecule has 6 rings (SSSR count). The highest BCUT2D eigenvalue weighted by atomic mass is 32.3. The molecule has 0 aliphatic carbocycles. The predicted molar refractivity (Wildman–Crippen MR) is 174 cm³/mol. The molecule has 13 heteroatoms. The third-order valence-electron chi connectivity index (χ3n) is 10.0. The Labute approximate surface area is 277 Å². The van der Waals surface area contributed by atoms with E-state index in [2.05, 4.69) is 23.9 Å². The molecule has 0 aromatic heterocycles. The second-order valence-electron chi connectivity index (χ2n) is 12.9. The van der Waals surface area contributed by atoms with Gasteiger partial charge in [-0.25, -0.2) is 0 Å². The molecule has 2 aromatic rings. The van der Waals surface area contributed by atoms with Crippen molar-refractivity contribution in [2.24, 2.45) is 0 Å². The molecule has 4 aliphatic heterocycles. The van der Waals surface area contributed by atoms with Gasteiger partial charge in [-0.05, 0) is 76.6 Å². The monoisotopic (exact) mass is 680 g/mol. The smallest absolute Gasteiger partial charge is 0.394 e. The molecular formula is C34H48N2O10S. The molecule has 8 atom stereocenters. The number of aliphatic hydroxyl groups is 2. The lowest BCUT2D eigenvalue weighted by Crippen LogP contribution is -2.43. The molecule has 4 fully saturated rings. The minimum absolute atomic E-state index is 0.00367. The van der Waals surface area contributed by atoms with E-state index in [-0.39, 0.29) is 37.4 Å². The topological polar surface area (TPSA) is 174 Å². The maximum atomic E-state index is 12.4. The largest absolute Gasteiger partial charge is 0.462 e. The zero-order chi connectivity index (χ0) is 34.1. The van der Waals surface area contributed by atoms with E-state index in [0.717, 1.165) is 36.8 Å². The van der Waals surface area contributed by atoms with Crippen molar-refractivity contribution in [3.05, 3.63) is 71.8 Å². The van der Waals surface area contributed by atoms with Gasteiger partial charge >= 0.3 is 22.3 Å². The van der Waals surface area contributed by atoms with Gasteiger partial charge in [-0.15, -0.1) is 0 Å². The Bertz CT molecular complexity index is 1270. The van der Waals surface area contributed by atoms with Crippen LogP contribution in [0.3, 0.4) is 0 Å². The van der Waals surface area contributed by atoms with Gasteiger partial charge in [0, 0.05) is 24.2 Å². The average Bonchev–Trinajstić information content (AvgIpc) is 3.34.